The lowest BCUT2D eigenvalue weighted by Crippen LogP contribution is -2.20. The highest BCUT2D eigenvalue weighted by atomic mass is 16.1. The van der Waals surface area contributed by atoms with Gasteiger partial charge in [0.15, 0.2) is 0 Å². The molecule has 0 aliphatic heterocycles. The molecule has 21 heavy (non-hydrogen) atoms. The summed E-state index contributed by atoms with van der Waals surface area (Å²) < 4.78 is 0. The highest BCUT2D eigenvalue weighted by Crippen LogP contribution is 2.19. The third kappa shape index (κ3) is 3.75. The molecule has 1 aromatic carbocycles. The van der Waals surface area contributed by atoms with Crippen molar-refractivity contribution in [2.24, 2.45) is 0 Å². The van der Waals surface area contributed by atoms with Gasteiger partial charge in [-0.15, -0.1) is 0 Å². The SMILES string of the molecule is CNC(=O)c1ccc(N)cc1NCCCc1cn[nH]c1C. The number of hydrogen-bond donors (Lipinski definition) is 4. The van der Waals surface area contributed by atoms with Gasteiger partial charge in [0.2, 0.25) is 0 Å². The number of nitrogens with one attached hydrogen (secondary N) is 3. The zero-order chi connectivity index (χ0) is 15.2. The van der Waals surface area contributed by atoms with Crippen LogP contribution in [0.1, 0.15) is 28.0 Å². The average Bonchev–Trinajstić information content (AvgIpc) is 2.88. The summed E-state index contributed by atoms with van der Waals surface area (Å²) in [7, 11) is 1.62. The first-order chi connectivity index (χ1) is 10.1. The van der Waals surface area contributed by atoms with Crippen LogP contribution in [-0.2, 0) is 6.42 Å². The maximum atomic E-state index is 11.8. The van der Waals surface area contributed by atoms with Crippen LogP contribution in [0.4, 0.5) is 11.4 Å². The highest BCUT2D eigenvalue weighted by molar-refractivity contribution is 6.00. The fraction of sp³-hybridized carbons (Fsp3) is 0.333. The number of carbonyl (C=O) groups is 1. The van der Waals surface area contributed by atoms with Crippen LogP contribution in [0.2, 0.25) is 0 Å². The maximum Gasteiger partial charge on any atom is 0.253 e. The lowest BCUT2D eigenvalue weighted by molar-refractivity contribution is 0.0964. The van der Waals surface area contributed by atoms with Crippen LogP contribution in [-0.4, -0.2) is 29.7 Å². The number of hydrogen-bond acceptors (Lipinski definition) is 4. The van der Waals surface area contributed by atoms with Crippen LogP contribution >= 0.6 is 0 Å². The number of nitrogens with zero attached hydrogens (tertiary/aromatic N) is 1. The first-order valence-electron chi connectivity index (χ1n) is 6.96. The second-order valence-electron chi connectivity index (χ2n) is 4.93. The monoisotopic (exact) mass is 287 g/mol. The molecule has 1 amide bonds. The zero-order valence-corrected chi connectivity index (χ0v) is 12.4. The molecule has 0 unspecified atom stereocenters. The van der Waals surface area contributed by atoms with Gasteiger partial charge < -0.3 is 16.4 Å². The van der Waals surface area contributed by atoms with E-state index < -0.39 is 0 Å². The van der Waals surface area contributed by atoms with Crippen molar-refractivity contribution in [1.29, 1.82) is 0 Å². The summed E-state index contributed by atoms with van der Waals surface area (Å²) in [4.78, 5) is 11.8. The van der Waals surface area contributed by atoms with Crippen molar-refractivity contribution in [3.8, 4) is 0 Å². The molecule has 6 nitrogen and oxygen atoms in total. The Balaban J connectivity index is 1.95. The van der Waals surface area contributed by atoms with Crippen LogP contribution in [0.3, 0.4) is 0 Å². The van der Waals surface area contributed by atoms with Crippen molar-refractivity contribution in [2.45, 2.75) is 19.8 Å². The molecule has 1 heterocycles. The van der Waals surface area contributed by atoms with E-state index >= 15 is 0 Å². The van der Waals surface area contributed by atoms with Crippen LogP contribution in [0.25, 0.3) is 0 Å². The Hall–Kier alpha value is -2.50. The molecular formula is C15H21N5O. The number of aromatic nitrogens is 2. The van der Waals surface area contributed by atoms with Crippen molar-refractivity contribution < 1.29 is 4.79 Å². The smallest absolute Gasteiger partial charge is 0.253 e. The van der Waals surface area contributed by atoms with Crippen molar-refractivity contribution in [3.63, 3.8) is 0 Å². The number of anilines is 2. The molecule has 0 saturated heterocycles. The topological polar surface area (TPSA) is 95.8 Å². The number of aromatic amines is 1. The molecular weight excluding hydrogens is 266 g/mol. The Morgan fingerprint density at radius 2 is 2.24 bits per heavy atom. The van der Waals surface area contributed by atoms with Crippen LogP contribution in [0, 0.1) is 6.92 Å². The molecule has 0 aliphatic rings. The second-order valence-corrected chi connectivity index (χ2v) is 4.93. The molecule has 1 aromatic heterocycles. The second kappa shape index (κ2) is 6.78. The predicted molar refractivity (Wildman–Crippen MR) is 84.4 cm³/mol. The largest absolute Gasteiger partial charge is 0.399 e. The Bertz CT molecular complexity index is 620. The summed E-state index contributed by atoms with van der Waals surface area (Å²) in [5.41, 5.74) is 10.1. The first-order valence-corrected chi connectivity index (χ1v) is 6.96. The van der Waals surface area contributed by atoms with E-state index in [1.165, 1.54) is 5.56 Å². The number of benzene rings is 1. The van der Waals surface area contributed by atoms with Gasteiger partial charge in [-0.3, -0.25) is 9.89 Å². The van der Waals surface area contributed by atoms with E-state index in [2.05, 4.69) is 20.8 Å². The molecule has 5 N–H and O–H groups in total. The first kappa shape index (κ1) is 14.9. The molecule has 0 aliphatic carbocycles. The summed E-state index contributed by atoms with van der Waals surface area (Å²) in [5.74, 6) is -0.122. The Kier molecular flexibility index (Phi) is 4.81. The van der Waals surface area contributed by atoms with Gasteiger partial charge in [0.1, 0.15) is 0 Å². The van der Waals surface area contributed by atoms with E-state index in [1.54, 1.807) is 25.2 Å². The third-order valence-corrected chi connectivity index (χ3v) is 3.39. The van der Waals surface area contributed by atoms with Crippen LogP contribution in [0.5, 0.6) is 0 Å². The number of amides is 1. The maximum absolute atomic E-state index is 11.8. The quantitative estimate of drug-likeness (QED) is 0.480. The minimum atomic E-state index is -0.122. The number of aryl methyl sites for hydroxylation is 2. The van der Waals surface area contributed by atoms with Crippen LogP contribution in [0.15, 0.2) is 24.4 Å². The molecule has 2 rings (SSSR count). The molecule has 2 aromatic rings. The lowest BCUT2D eigenvalue weighted by Gasteiger charge is -2.12. The van der Waals surface area contributed by atoms with Gasteiger partial charge in [0.05, 0.1) is 11.8 Å². The number of nitrogen functional groups attached to an aromatic ring is 1. The van der Waals surface area contributed by atoms with Gasteiger partial charge in [-0.05, 0) is 43.5 Å². The lowest BCUT2D eigenvalue weighted by atomic mass is 10.1. The molecule has 112 valence electrons. The minimum absolute atomic E-state index is 0.122. The molecule has 0 radical (unpaired) electrons. The standard InChI is InChI=1S/C15H21N5O/c1-10-11(9-19-20-10)4-3-7-18-14-8-12(16)5-6-13(14)15(21)17-2/h5-6,8-9,18H,3-4,7,16H2,1-2H3,(H,17,21)(H,19,20). The Morgan fingerprint density at radius 3 is 2.90 bits per heavy atom. The molecule has 6 heteroatoms. The predicted octanol–water partition coefficient (Wildman–Crippen LogP) is 1.70. The Labute approximate surface area is 124 Å². The molecule has 0 saturated carbocycles. The molecule has 0 fully saturated rings. The van der Waals surface area contributed by atoms with Crippen molar-refractivity contribution in [3.05, 3.63) is 41.2 Å². The van der Waals surface area contributed by atoms with E-state index in [0.29, 0.717) is 11.3 Å². The van der Waals surface area contributed by atoms with Gasteiger partial charge in [0, 0.05) is 30.7 Å². The van der Waals surface area contributed by atoms with E-state index in [1.807, 2.05) is 13.1 Å². The van der Waals surface area contributed by atoms with Gasteiger partial charge in [-0.1, -0.05) is 0 Å². The van der Waals surface area contributed by atoms with Crippen molar-refractivity contribution >= 4 is 17.3 Å². The Morgan fingerprint density at radius 1 is 1.43 bits per heavy atom. The van der Waals surface area contributed by atoms with E-state index in [9.17, 15) is 4.79 Å². The minimum Gasteiger partial charge on any atom is -0.399 e. The fourth-order valence-corrected chi connectivity index (χ4v) is 2.17. The third-order valence-electron chi connectivity index (χ3n) is 3.39. The van der Waals surface area contributed by atoms with Gasteiger partial charge in [0.25, 0.3) is 5.91 Å². The molecule has 0 spiro atoms. The van der Waals surface area contributed by atoms with Crippen molar-refractivity contribution in [1.82, 2.24) is 15.5 Å². The summed E-state index contributed by atoms with van der Waals surface area (Å²) in [6.07, 6.45) is 3.74. The van der Waals surface area contributed by atoms with E-state index in [0.717, 1.165) is 30.8 Å². The number of nitrogens with two attached hydrogens (primary N) is 1. The summed E-state index contributed by atoms with van der Waals surface area (Å²) in [6, 6.07) is 5.25. The number of H-pyrrole nitrogens is 1. The van der Waals surface area contributed by atoms with Gasteiger partial charge in [-0.2, -0.15) is 5.10 Å². The number of rotatable bonds is 6. The highest BCUT2D eigenvalue weighted by Gasteiger charge is 2.10. The zero-order valence-electron chi connectivity index (χ0n) is 12.4. The van der Waals surface area contributed by atoms with E-state index in [-0.39, 0.29) is 5.91 Å². The summed E-state index contributed by atoms with van der Waals surface area (Å²) in [6.45, 7) is 2.77. The van der Waals surface area contributed by atoms with Crippen molar-refractivity contribution in [2.75, 3.05) is 24.6 Å². The normalized spacial score (nSPS) is 10.4. The van der Waals surface area contributed by atoms with Crippen LogP contribution < -0.4 is 16.4 Å². The summed E-state index contributed by atoms with van der Waals surface area (Å²) >= 11 is 0. The van der Waals surface area contributed by atoms with Gasteiger partial charge in [-0.25, -0.2) is 0 Å². The molecule has 0 atom stereocenters. The summed E-state index contributed by atoms with van der Waals surface area (Å²) in [5, 5.41) is 12.8. The van der Waals surface area contributed by atoms with Gasteiger partial charge >= 0.3 is 0 Å². The average molecular weight is 287 g/mol. The van der Waals surface area contributed by atoms with E-state index in [4.69, 9.17) is 5.73 Å². The number of carbonyl (C=O) groups excluding carboxylic acids is 1. The molecule has 0 bridgehead atoms. The fourth-order valence-electron chi connectivity index (χ4n) is 2.17.